The van der Waals surface area contributed by atoms with Crippen LogP contribution < -0.4 is 0 Å². The molecule has 0 amide bonds. The highest BCUT2D eigenvalue weighted by Crippen LogP contribution is 2.32. The predicted molar refractivity (Wildman–Crippen MR) is 89.0 cm³/mol. The topological polar surface area (TPSA) is 0 Å². The fourth-order valence-corrected chi connectivity index (χ4v) is 3.51. The zero-order valence-corrected chi connectivity index (χ0v) is 13.2. The van der Waals surface area contributed by atoms with Gasteiger partial charge in [-0.25, -0.2) is 8.78 Å². The van der Waals surface area contributed by atoms with Crippen molar-refractivity contribution in [2.75, 3.05) is 0 Å². The maximum Gasteiger partial charge on any atom is 0.263 e. The van der Waals surface area contributed by atoms with E-state index >= 15 is 0 Å². The van der Waals surface area contributed by atoms with E-state index in [1.165, 1.54) is 6.07 Å². The van der Waals surface area contributed by atoms with E-state index in [4.69, 9.17) is 11.6 Å². The highest BCUT2D eigenvalue weighted by Gasteiger charge is 2.10. The van der Waals surface area contributed by atoms with Crippen molar-refractivity contribution >= 4 is 22.9 Å². The van der Waals surface area contributed by atoms with Crippen molar-refractivity contribution in [1.82, 2.24) is 0 Å². The van der Waals surface area contributed by atoms with Crippen LogP contribution in [0.15, 0.2) is 60.7 Å². The Morgan fingerprint density at radius 3 is 2.55 bits per heavy atom. The number of hydrogen-bond donors (Lipinski definition) is 0. The molecule has 2 aromatic carbocycles. The molecule has 0 radical (unpaired) electrons. The first-order chi connectivity index (χ1) is 10.6. The van der Waals surface area contributed by atoms with Crippen LogP contribution in [0, 0.1) is 0 Å². The second-order valence-corrected chi connectivity index (χ2v) is 6.54. The molecule has 0 unspecified atom stereocenters. The van der Waals surface area contributed by atoms with Gasteiger partial charge in [0, 0.05) is 26.8 Å². The minimum atomic E-state index is -2.44. The van der Waals surface area contributed by atoms with E-state index < -0.39 is 6.43 Å². The van der Waals surface area contributed by atoms with Crippen LogP contribution in [-0.4, -0.2) is 0 Å². The van der Waals surface area contributed by atoms with Crippen LogP contribution in [-0.2, 0) is 6.42 Å². The van der Waals surface area contributed by atoms with E-state index in [1.54, 1.807) is 23.5 Å². The van der Waals surface area contributed by atoms with Gasteiger partial charge in [0.25, 0.3) is 6.43 Å². The number of thiophene rings is 1. The summed E-state index contributed by atoms with van der Waals surface area (Å²) in [6.45, 7) is 0. The fourth-order valence-electron chi connectivity index (χ4n) is 2.29. The Hall–Kier alpha value is -1.71. The number of halogens is 3. The summed E-state index contributed by atoms with van der Waals surface area (Å²) in [6.07, 6.45) is -1.69. The largest absolute Gasteiger partial charge is 0.263 e. The summed E-state index contributed by atoms with van der Waals surface area (Å²) in [4.78, 5) is 2.15. The number of rotatable bonds is 4. The molecule has 4 heteroatoms. The third kappa shape index (κ3) is 3.37. The van der Waals surface area contributed by atoms with Gasteiger partial charge in [-0.2, -0.15) is 0 Å². The molecule has 0 saturated carbocycles. The fraction of sp³-hybridized carbons (Fsp3) is 0.111. The average Bonchev–Trinajstić information content (AvgIpc) is 2.98. The zero-order chi connectivity index (χ0) is 15.5. The monoisotopic (exact) mass is 334 g/mol. The Bertz CT molecular complexity index is 780. The lowest BCUT2D eigenvalue weighted by Gasteiger charge is -2.03. The van der Waals surface area contributed by atoms with E-state index in [0.717, 1.165) is 32.3 Å². The minimum Gasteiger partial charge on any atom is -0.205 e. The summed E-state index contributed by atoms with van der Waals surface area (Å²) in [5, 5.41) is 0.747. The van der Waals surface area contributed by atoms with Crippen molar-refractivity contribution in [2.45, 2.75) is 12.8 Å². The van der Waals surface area contributed by atoms with Gasteiger partial charge in [0.1, 0.15) is 0 Å². The minimum absolute atomic E-state index is 0.0542. The molecule has 0 saturated heterocycles. The summed E-state index contributed by atoms with van der Waals surface area (Å²) < 4.78 is 25.6. The van der Waals surface area contributed by atoms with Gasteiger partial charge in [-0.15, -0.1) is 11.3 Å². The van der Waals surface area contributed by atoms with Gasteiger partial charge in [0.2, 0.25) is 0 Å². The normalized spacial score (nSPS) is 11.1. The molecule has 3 aromatic rings. The Morgan fingerprint density at radius 2 is 1.77 bits per heavy atom. The highest BCUT2D eigenvalue weighted by molar-refractivity contribution is 7.15. The van der Waals surface area contributed by atoms with Crippen LogP contribution in [0.25, 0.3) is 10.4 Å². The number of alkyl halides is 2. The van der Waals surface area contributed by atoms with E-state index in [1.807, 2.05) is 42.5 Å². The lowest BCUT2D eigenvalue weighted by molar-refractivity contribution is 0.151. The van der Waals surface area contributed by atoms with Crippen molar-refractivity contribution in [2.24, 2.45) is 0 Å². The predicted octanol–water partition coefficient (Wildman–Crippen LogP) is 6.60. The smallest absolute Gasteiger partial charge is 0.205 e. The molecule has 0 fully saturated rings. The summed E-state index contributed by atoms with van der Waals surface area (Å²) in [7, 11) is 0. The molecule has 22 heavy (non-hydrogen) atoms. The van der Waals surface area contributed by atoms with Crippen LogP contribution in [0.5, 0.6) is 0 Å². The molecular weight excluding hydrogens is 322 g/mol. The second-order valence-electron chi connectivity index (χ2n) is 4.96. The van der Waals surface area contributed by atoms with Gasteiger partial charge in [-0.3, -0.25) is 0 Å². The molecule has 1 heterocycles. The molecule has 0 aliphatic rings. The summed E-state index contributed by atoms with van der Waals surface area (Å²) in [5.41, 5.74) is 1.95. The summed E-state index contributed by atoms with van der Waals surface area (Å²) in [5.74, 6) is 0. The van der Waals surface area contributed by atoms with Crippen LogP contribution in [0.3, 0.4) is 0 Å². The van der Waals surface area contributed by atoms with Gasteiger partial charge >= 0.3 is 0 Å². The van der Waals surface area contributed by atoms with Crippen LogP contribution in [0.4, 0.5) is 8.78 Å². The van der Waals surface area contributed by atoms with E-state index in [0.29, 0.717) is 0 Å². The van der Waals surface area contributed by atoms with Crippen molar-refractivity contribution < 1.29 is 8.78 Å². The lowest BCUT2D eigenvalue weighted by Crippen LogP contribution is -1.85. The Labute approximate surface area is 137 Å². The molecular formula is C18H13ClF2S. The third-order valence-electron chi connectivity index (χ3n) is 3.41. The molecule has 0 nitrogen and oxygen atoms in total. The molecule has 0 spiro atoms. The average molecular weight is 335 g/mol. The van der Waals surface area contributed by atoms with Crippen molar-refractivity contribution in [3.8, 4) is 10.4 Å². The van der Waals surface area contributed by atoms with Crippen molar-refractivity contribution in [3.05, 3.63) is 81.7 Å². The molecule has 1 aromatic heterocycles. The molecule has 0 bridgehead atoms. The van der Waals surface area contributed by atoms with Crippen LogP contribution >= 0.6 is 22.9 Å². The lowest BCUT2D eigenvalue weighted by atomic mass is 10.1. The standard InChI is InChI=1S/C18H13ClF2S/c19-16-7-2-1-4-12(16)11-15-8-9-17(22-15)13-5-3-6-14(10-13)18(20)21/h1-10,18H,11H2. The first-order valence-electron chi connectivity index (χ1n) is 6.84. The van der Waals surface area contributed by atoms with Crippen LogP contribution in [0.1, 0.15) is 22.4 Å². The van der Waals surface area contributed by atoms with Gasteiger partial charge in [0.05, 0.1) is 0 Å². The van der Waals surface area contributed by atoms with Gasteiger partial charge in [-0.1, -0.05) is 48.0 Å². The van der Waals surface area contributed by atoms with Gasteiger partial charge < -0.3 is 0 Å². The molecule has 0 N–H and O–H groups in total. The first kappa shape index (κ1) is 15.2. The Balaban J connectivity index is 1.85. The summed E-state index contributed by atoms with van der Waals surface area (Å²) in [6, 6.07) is 18.3. The second kappa shape index (κ2) is 6.59. The molecule has 3 rings (SSSR count). The molecule has 0 aliphatic heterocycles. The quantitative estimate of drug-likeness (QED) is 0.504. The maximum atomic E-state index is 12.8. The van der Waals surface area contributed by atoms with Gasteiger partial charge in [-0.05, 0) is 35.4 Å². The van der Waals surface area contributed by atoms with Crippen LogP contribution in [0.2, 0.25) is 5.02 Å². The van der Waals surface area contributed by atoms with Crippen molar-refractivity contribution in [3.63, 3.8) is 0 Å². The van der Waals surface area contributed by atoms with E-state index in [2.05, 4.69) is 0 Å². The summed E-state index contributed by atoms with van der Waals surface area (Å²) >= 11 is 7.78. The third-order valence-corrected chi connectivity index (χ3v) is 4.91. The van der Waals surface area contributed by atoms with Gasteiger partial charge in [0.15, 0.2) is 0 Å². The number of benzene rings is 2. The van der Waals surface area contributed by atoms with E-state index in [-0.39, 0.29) is 5.56 Å². The Kier molecular flexibility index (Phi) is 4.55. The van der Waals surface area contributed by atoms with E-state index in [9.17, 15) is 8.78 Å². The molecule has 0 aliphatic carbocycles. The molecule has 0 atom stereocenters. The molecule has 112 valence electrons. The number of hydrogen-bond acceptors (Lipinski definition) is 1. The van der Waals surface area contributed by atoms with Crippen molar-refractivity contribution in [1.29, 1.82) is 0 Å². The SMILES string of the molecule is FC(F)c1cccc(-c2ccc(Cc3ccccc3Cl)s2)c1. The maximum absolute atomic E-state index is 12.8. The first-order valence-corrected chi connectivity index (χ1v) is 8.03. The Morgan fingerprint density at radius 1 is 0.955 bits per heavy atom. The highest BCUT2D eigenvalue weighted by atomic mass is 35.5. The zero-order valence-electron chi connectivity index (χ0n) is 11.6.